The van der Waals surface area contributed by atoms with E-state index >= 15 is 0 Å². The van der Waals surface area contributed by atoms with Crippen LogP contribution in [0.5, 0.6) is 0 Å². The quantitative estimate of drug-likeness (QED) is 0.840. The molecule has 2 unspecified atom stereocenters. The average molecular weight is 296 g/mol. The molecule has 0 N–H and O–H groups in total. The first-order valence-corrected chi connectivity index (χ1v) is 7.74. The summed E-state index contributed by atoms with van der Waals surface area (Å²) in [4.78, 5) is 22.4. The number of rotatable bonds is 2. The molecule has 0 aromatic carbocycles. The van der Waals surface area contributed by atoms with Crippen molar-refractivity contribution in [1.29, 1.82) is 0 Å². The minimum absolute atomic E-state index is 0.516. The monoisotopic (exact) mass is 296 g/mol. The molecule has 6 heteroatoms. The van der Waals surface area contributed by atoms with Crippen molar-refractivity contribution in [3.63, 3.8) is 0 Å². The second-order valence-electron chi connectivity index (χ2n) is 6.23. The Kier molecular flexibility index (Phi) is 2.99. The third kappa shape index (κ3) is 2.01. The van der Waals surface area contributed by atoms with Crippen molar-refractivity contribution in [2.75, 3.05) is 22.9 Å². The highest BCUT2D eigenvalue weighted by molar-refractivity contribution is 5.54. The molecule has 6 nitrogen and oxygen atoms in total. The first kappa shape index (κ1) is 13.4. The standard InChI is InChI=1S/C16H20N6/c1-10-11(2)18-9-19-16(10)21-7-13-6-14(8-21)22(13)15-4-5-17-12(3)20-15/h4-5,9,13-14H,6-8H2,1-3H3. The Morgan fingerprint density at radius 2 is 1.82 bits per heavy atom. The Balaban J connectivity index is 1.56. The van der Waals surface area contributed by atoms with E-state index in [4.69, 9.17) is 0 Å². The van der Waals surface area contributed by atoms with Gasteiger partial charge in [0.25, 0.3) is 0 Å². The maximum Gasteiger partial charge on any atom is 0.135 e. The number of anilines is 2. The normalized spacial score (nSPS) is 23.4. The zero-order valence-electron chi connectivity index (χ0n) is 13.2. The van der Waals surface area contributed by atoms with Crippen molar-refractivity contribution >= 4 is 11.6 Å². The van der Waals surface area contributed by atoms with Crippen LogP contribution in [0, 0.1) is 20.8 Å². The second-order valence-corrected chi connectivity index (χ2v) is 6.23. The van der Waals surface area contributed by atoms with E-state index in [0.29, 0.717) is 12.1 Å². The van der Waals surface area contributed by atoms with E-state index in [2.05, 4.69) is 36.7 Å². The fourth-order valence-electron chi connectivity index (χ4n) is 3.59. The summed E-state index contributed by atoms with van der Waals surface area (Å²) in [7, 11) is 0. The lowest BCUT2D eigenvalue weighted by Crippen LogP contribution is -2.69. The third-order valence-electron chi connectivity index (χ3n) is 4.83. The van der Waals surface area contributed by atoms with Crippen LogP contribution in [0.3, 0.4) is 0 Å². The van der Waals surface area contributed by atoms with Crippen LogP contribution in [0.25, 0.3) is 0 Å². The van der Waals surface area contributed by atoms with Gasteiger partial charge in [0.1, 0.15) is 23.8 Å². The van der Waals surface area contributed by atoms with E-state index in [1.165, 1.54) is 12.0 Å². The number of aromatic nitrogens is 4. The number of piperazine rings is 1. The van der Waals surface area contributed by atoms with Crippen molar-refractivity contribution in [2.24, 2.45) is 0 Å². The third-order valence-corrected chi connectivity index (χ3v) is 4.83. The molecule has 0 aliphatic carbocycles. The lowest BCUT2D eigenvalue weighted by molar-refractivity contribution is 0.287. The van der Waals surface area contributed by atoms with Gasteiger partial charge in [0, 0.05) is 30.5 Å². The fraction of sp³-hybridized carbons (Fsp3) is 0.500. The number of fused-ring (bicyclic) bond motifs is 2. The van der Waals surface area contributed by atoms with Crippen LogP contribution < -0.4 is 9.80 Å². The highest BCUT2D eigenvalue weighted by Crippen LogP contribution is 2.37. The van der Waals surface area contributed by atoms with E-state index in [0.717, 1.165) is 36.2 Å². The fourth-order valence-corrected chi connectivity index (χ4v) is 3.59. The van der Waals surface area contributed by atoms with Crippen LogP contribution in [-0.4, -0.2) is 45.1 Å². The lowest BCUT2D eigenvalue weighted by atomic mass is 9.87. The molecule has 114 valence electrons. The molecule has 0 saturated carbocycles. The minimum atomic E-state index is 0.516. The summed E-state index contributed by atoms with van der Waals surface area (Å²) >= 11 is 0. The molecule has 2 aromatic heterocycles. The van der Waals surface area contributed by atoms with E-state index in [1.54, 1.807) is 6.33 Å². The number of hydrogen-bond donors (Lipinski definition) is 0. The van der Waals surface area contributed by atoms with Gasteiger partial charge in [0.2, 0.25) is 0 Å². The summed E-state index contributed by atoms with van der Waals surface area (Å²) in [5.41, 5.74) is 2.25. The summed E-state index contributed by atoms with van der Waals surface area (Å²) < 4.78 is 0. The molecule has 2 aromatic rings. The van der Waals surface area contributed by atoms with Gasteiger partial charge >= 0.3 is 0 Å². The molecule has 22 heavy (non-hydrogen) atoms. The summed E-state index contributed by atoms with van der Waals surface area (Å²) in [6.45, 7) is 8.09. The number of nitrogens with zero attached hydrogens (tertiary/aromatic N) is 6. The highest BCUT2D eigenvalue weighted by Gasteiger charge is 2.45. The molecule has 2 bridgehead atoms. The molecule has 2 atom stereocenters. The Bertz CT molecular complexity index is 704. The first-order valence-electron chi connectivity index (χ1n) is 7.74. The van der Waals surface area contributed by atoms with Gasteiger partial charge < -0.3 is 9.80 Å². The van der Waals surface area contributed by atoms with Crippen LogP contribution >= 0.6 is 0 Å². The summed E-state index contributed by atoms with van der Waals surface area (Å²) in [6.07, 6.45) is 4.76. The van der Waals surface area contributed by atoms with E-state index in [1.807, 2.05) is 26.1 Å². The number of piperidine rings is 1. The smallest absolute Gasteiger partial charge is 0.135 e. The molecular weight excluding hydrogens is 276 g/mol. The second kappa shape index (κ2) is 4.90. The molecular formula is C16H20N6. The van der Waals surface area contributed by atoms with Crippen molar-refractivity contribution in [3.05, 3.63) is 35.7 Å². The van der Waals surface area contributed by atoms with E-state index in [9.17, 15) is 0 Å². The van der Waals surface area contributed by atoms with E-state index in [-0.39, 0.29) is 0 Å². The van der Waals surface area contributed by atoms with Gasteiger partial charge in [-0.15, -0.1) is 0 Å². The number of aryl methyl sites for hydroxylation is 2. The van der Waals surface area contributed by atoms with Crippen molar-refractivity contribution < 1.29 is 0 Å². The van der Waals surface area contributed by atoms with Crippen molar-refractivity contribution in [3.8, 4) is 0 Å². The maximum absolute atomic E-state index is 4.58. The van der Waals surface area contributed by atoms with Gasteiger partial charge in [-0.1, -0.05) is 0 Å². The van der Waals surface area contributed by atoms with Gasteiger partial charge in [0.05, 0.1) is 12.1 Å². The zero-order chi connectivity index (χ0) is 15.3. The molecule has 3 aliphatic rings. The molecule has 3 fully saturated rings. The van der Waals surface area contributed by atoms with Crippen LogP contribution in [0.4, 0.5) is 11.6 Å². The average Bonchev–Trinajstić information content (AvgIpc) is 2.50. The van der Waals surface area contributed by atoms with Crippen molar-refractivity contribution in [2.45, 2.75) is 39.3 Å². The Morgan fingerprint density at radius 3 is 2.55 bits per heavy atom. The van der Waals surface area contributed by atoms with Crippen LogP contribution in [0.15, 0.2) is 18.6 Å². The van der Waals surface area contributed by atoms with Crippen LogP contribution in [0.1, 0.15) is 23.5 Å². The van der Waals surface area contributed by atoms with Crippen LogP contribution in [-0.2, 0) is 0 Å². The first-order chi connectivity index (χ1) is 10.6. The van der Waals surface area contributed by atoms with Gasteiger partial charge in [-0.25, -0.2) is 19.9 Å². The van der Waals surface area contributed by atoms with Crippen LogP contribution in [0.2, 0.25) is 0 Å². The predicted octanol–water partition coefficient (Wildman–Crippen LogP) is 1.66. The van der Waals surface area contributed by atoms with Gasteiger partial charge in [-0.05, 0) is 33.3 Å². The minimum Gasteiger partial charge on any atom is -0.352 e. The summed E-state index contributed by atoms with van der Waals surface area (Å²) in [5.74, 6) is 2.98. The molecule has 0 amide bonds. The molecule has 0 spiro atoms. The maximum atomic E-state index is 4.58. The van der Waals surface area contributed by atoms with E-state index < -0.39 is 0 Å². The topological polar surface area (TPSA) is 58.0 Å². The summed E-state index contributed by atoms with van der Waals surface area (Å²) in [6, 6.07) is 3.05. The predicted molar refractivity (Wildman–Crippen MR) is 85.2 cm³/mol. The molecule has 0 radical (unpaired) electrons. The Hall–Kier alpha value is -2.24. The van der Waals surface area contributed by atoms with Gasteiger partial charge in [-0.2, -0.15) is 0 Å². The van der Waals surface area contributed by atoms with Crippen molar-refractivity contribution in [1.82, 2.24) is 19.9 Å². The molecule has 3 aliphatic heterocycles. The van der Waals surface area contributed by atoms with Gasteiger partial charge in [0.15, 0.2) is 0 Å². The zero-order valence-corrected chi connectivity index (χ0v) is 13.2. The highest BCUT2D eigenvalue weighted by atomic mass is 15.4. The lowest BCUT2D eigenvalue weighted by Gasteiger charge is -2.57. The molecule has 3 saturated heterocycles. The molecule has 5 rings (SSSR count). The largest absolute Gasteiger partial charge is 0.352 e. The molecule has 5 heterocycles. The Morgan fingerprint density at radius 1 is 1.05 bits per heavy atom. The number of hydrogen-bond acceptors (Lipinski definition) is 6. The Labute approximate surface area is 130 Å². The summed E-state index contributed by atoms with van der Waals surface area (Å²) in [5, 5.41) is 0. The SMILES string of the molecule is Cc1nccc(N2C3CC2CN(c2ncnc(C)c2C)C3)n1. The van der Waals surface area contributed by atoms with Gasteiger partial charge in [-0.3, -0.25) is 0 Å².